The van der Waals surface area contributed by atoms with E-state index in [1.165, 1.54) is 0 Å². The summed E-state index contributed by atoms with van der Waals surface area (Å²) in [6, 6.07) is 2.74. The van der Waals surface area contributed by atoms with Crippen LogP contribution in [0.1, 0.15) is 6.42 Å². The normalized spacial score (nSPS) is 12.6. The minimum Gasteiger partial charge on any atom is -0.393 e. The van der Waals surface area contributed by atoms with Gasteiger partial charge in [-0.1, -0.05) is 0 Å². The van der Waals surface area contributed by atoms with Gasteiger partial charge >= 0.3 is 6.18 Å². The van der Waals surface area contributed by atoms with Crippen LogP contribution in [0.4, 0.5) is 24.5 Å². The fourth-order valence-electron chi connectivity index (χ4n) is 1.43. The number of hydrogen-bond acceptors (Lipinski definition) is 5. The molecule has 0 atom stereocenters. The Kier molecular flexibility index (Phi) is 4.79. The Morgan fingerprint density at radius 2 is 1.95 bits per heavy atom. The number of anilines is 1. The molecule has 11 heteroatoms. The van der Waals surface area contributed by atoms with Gasteiger partial charge in [0.25, 0.3) is 5.69 Å². The molecule has 0 unspecified atom stereocenters. The Morgan fingerprint density at radius 1 is 1.38 bits per heavy atom. The van der Waals surface area contributed by atoms with Gasteiger partial charge in [0.1, 0.15) is 5.69 Å². The van der Waals surface area contributed by atoms with Crippen LogP contribution in [-0.2, 0) is 10.0 Å². The monoisotopic (exact) mass is 327 g/mol. The molecule has 0 aliphatic carbocycles. The van der Waals surface area contributed by atoms with E-state index in [0.717, 1.165) is 25.2 Å². The van der Waals surface area contributed by atoms with E-state index < -0.39 is 44.7 Å². The van der Waals surface area contributed by atoms with Gasteiger partial charge in [-0.15, -0.1) is 0 Å². The van der Waals surface area contributed by atoms with Crippen LogP contribution in [0.3, 0.4) is 0 Å². The van der Waals surface area contributed by atoms with E-state index in [9.17, 15) is 31.7 Å². The summed E-state index contributed by atoms with van der Waals surface area (Å²) in [5.74, 6) is 0. The first kappa shape index (κ1) is 17.2. The van der Waals surface area contributed by atoms with Gasteiger partial charge in [0.05, 0.1) is 16.2 Å². The lowest BCUT2D eigenvalue weighted by Crippen LogP contribution is -2.30. The quantitative estimate of drug-likeness (QED) is 0.504. The van der Waals surface area contributed by atoms with Crippen molar-refractivity contribution >= 4 is 21.4 Å². The van der Waals surface area contributed by atoms with E-state index in [4.69, 9.17) is 5.73 Å². The molecule has 0 aliphatic heterocycles. The van der Waals surface area contributed by atoms with E-state index in [2.05, 4.69) is 0 Å². The number of hydrogen-bond donors (Lipinski definition) is 1. The summed E-state index contributed by atoms with van der Waals surface area (Å²) in [4.78, 5) is 9.33. The predicted molar refractivity (Wildman–Crippen MR) is 68.0 cm³/mol. The molecule has 0 amide bonds. The summed E-state index contributed by atoms with van der Waals surface area (Å²) in [6.45, 7) is -0.788. The highest BCUT2D eigenvalue weighted by Crippen LogP contribution is 2.27. The van der Waals surface area contributed by atoms with Crippen molar-refractivity contribution in [2.75, 3.05) is 19.3 Å². The highest BCUT2D eigenvalue weighted by Gasteiger charge is 2.31. The van der Waals surface area contributed by atoms with Crippen molar-refractivity contribution in [3.05, 3.63) is 28.3 Å². The van der Waals surface area contributed by atoms with E-state index >= 15 is 0 Å². The van der Waals surface area contributed by atoms with Gasteiger partial charge in [0, 0.05) is 19.7 Å². The number of benzene rings is 1. The van der Waals surface area contributed by atoms with Gasteiger partial charge in [-0.25, -0.2) is 12.7 Å². The van der Waals surface area contributed by atoms with Gasteiger partial charge in [0.2, 0.25) is 10.0 Å². The minimum atomic E-state index is -4.50. The molecule has 21 heavy (non-hydrogen) atoms. The van der Waals surface area contributed by atoms with Crippen molar-refractivity contribution in [2.24, 2.45) is 0 Å². The molecule has 0 fully saturated rings. The molecule has 2 N–H and O–H groups in total. The molecule has 0 aliphatic rings. The summed E-state index contributed by atoms with van der Waals surface area (Å²) in [6.07, 6.45) is -5.82. The first-order valence-electron chi connectivity index (χ1n) is 5.52. The second-order valence-corrected chi connectivity index (χ2v) is 6.21. The van der Waals surface area contributed by atoms with Crippen molar-refractivity contribution < 1.29 is 26.5 Å². The van der Waals surface area contributed by atoms with E-state index in [-0.39, 0.29) is 5.69 Å². The van der Waals surface area contributed by atoms with Crippen LogP contribution >= 0.6 is 0 Å². The van der Waals surface area contributed by atoms with Gasteiger partial charge in [0.15, 0.2) is 0 Å². The SMILES string of the molecule is CN(CCC(F)(F)F)S(=O)(=O)c1ccc(N)c([N+](=O)[O-])c1. The zero-order valence-corrected chi connectivity index (χ0v) is 11.6. The second kappa shape index (κ2) is 5.85. The lowest BCUT2D eigenvalue weighted by Gasteiger charge is -2.18. The Labute approximate surface area is 118 Å². The molecule has 0 bridgehead atoms. The van der Waals surface area contributed by atoms with Crippen molar-refractivity contribution in [1.82, 2.24) is 4.31 Å². The third-order valence-corrected chi connectivity index (χ3v) is 4.47. The Morgan fingerprint density at radius 3 is 2.43 bits per heavy atom. The number of nitrogens with two attached hydrogens (primary N) is 1. The summed E-state index contributed by atoms with van der Waals surface area (Å²) in [7, 11) is -3.30. The van der Waals surface area contributed by atoms with Crippen molar-refractivity contribution in [3.8, 4) is 0 Å². The lowest BCUT2D eigenvalue weighted by molar-refractivity contribution is -0.384. The van der Waals surface area contributed by atoms with Crippen LogP contribution in [0, 0.1) is 10.1 Å². The molecule has 118 valence electrons. The van der Waals surface area contributed by atoms with Gasteiger partial charge < -0.3 is 5.73 Å². The topological polar surface area (TPSA) is 107 Å². The Balaban J connectivity index is 3.08. The smallest absolute Gasteiger partial charge is 0.390 e. The highest BCUT2D eigenvalue weighted by atomic mass is 32.2. The summed E-state index contributed by atoms with van der Waals surface area (Å²) in [5.41, 5.74) is 4.46. The molecule has 0 radical (unpaired) electrons. The maximum atomic E-state index is 12.1. The number of nitro groups is 1. The zero-order valence-electron chi connectivity index (χ0n) is 10.8. The molecule has 0 spiro atoms. The van der Waals surface area contributed by atoms with E-state index in [0.29, 0.717) is 4.31 Å². The fraction of sp³-hybridized carbons (Fsp3) is 0.400. The summed E-state index contributed by atoms with van der Waals surface area (Å²) >= 11 is 0. The average Bonchev–Trinajstić information content (AvgIpc) is 2.34. The molecule has 1 aromatic carbocycles. The number of nitro benzene ring substituents is 1. The van der Waals surface area contributed by atoms with Crippen LogP contribution in [0.2, 0.25) is 0 Å². The molecule has 0 heterocycles. The molecule has 1 rings (SSSR count). The fourth-order valence-corrected chi connectivity index (χ4v) is 2.62. The van der Waals surface area contributed by atoms with Crippen molar-refractivity contribution in [3.63, 3.8) is 0 Å². The van der Waals surface area contributed by atoms with Crippen LogP contribution in [-0.4, -0.2) is 37.4 Å². The lowest BCUT2D eigenvalue weighted by atomic mass is 10.3. The van der Waals surface area contributed by atoms with Crippen LogP contribution < -0.4 is 5.73 Å². The molecule has 0 saturated heterocycles. The molecule has 7 nitrogen and oxygen atoms in total. The Hall–Kier alpha value is -1.88. The van der Waals surface area contributed by atoms with Gasteiger partial charge in [-0.3, -0.25) is 10.1 Å². The van der Waals surface area contributed by atoms with Gasteiger partial charge in [-0.2, -0.15) is 13.2 Å². The largest absolute Gasteiger partial charge is 0.393 e. The first-order chi connectivity index (χ1) is 9.45. The second-order valence-electron chi connectivity index (χ2n) is 4.17. The molecule has 0 saturated carbocycles. The van der Waals surface area contributed by atoms with Crippen LogP contribution in [0.15, 0.2) is 23.1 Å². The maximum absolute atomic E-state index is 12.1. The van der Waals surface area contributed by atoms with E-state index in [1.54, 1.807) is 0 Å². The Bertz CT molecular complexity index is 645. The number of sulfonamides is 1. The van der Waals surface area contributed by atoms with Crippen LogP contribution in [0.5, 0.6) is 0 Å². The molecular formula is C10H12F3N3O4S. The van der Waals surface area contributed by atoms with Crippen molar-refractivity contribution in [2.45, 2.75) is 17.5 Å². The number of nitrogen functional groups attached to an aromatic ring is 1. The third-order valence-electron chi connectivity index (χ3n) is 2.62. The number of nitrogens with zero attached hydrogens (tertiary/aromatic N) is 2. The van der Waals surface area contributed by atoms with Crippen molar-refractivity contribution in [1.29, 1.82) is 0 Å². The predicted octanol–water partition coefficient (Wildman–Crippen LogP) is 1.75. The number of halogens is 3. The zero-order chi connectivity index (χ0) is 16.4. The van der Waals surface area contributed by atoms with Gasteiger partial charge in [-0.05, 0) is 12.1 Å². The first-order valence-corrected chi connectivity index (χ1v) is 6.96. The number of alkyl halides is 3. The standard InChI is InChI=1S/C10H12F3N3O4S/c1-15(5-4-10(11,12)13)21(19,20)7-2-3-8(14)9(6-7)16(17)18/h2-3,6H,4-5,14H2,1H3. The molecular weight excluding hydrogens is 315 g/mol. The average molecular weight is 327 g/mol. The molecule has 1 aromatic rings. The summed E-state index contributed by atoms with van der Waals surface area (Å²) in [5, 5.41) is 10.7. The highest BCUT2D eigenvalue weighted by molar-refractivity contribution is 7.89. The number of rotatable bonds is 5. The van der Waals surface area contributed by atoms with E-state index in [1.807, 2.05) is 0 Å². The summed E-state index contributed by atoms with van der Waals surface area (Å²) < 4.78 is 60.8. The molecule has 0 aromatic heterocycles. The van der Waals surface area contributed by atoms with Crippen LogP contribution in [0.25, 0.3) is 0 Å². The minimum absolute atomic E-state index is 0.239. The maximum Gasteiger partial charge on any atom is 0.390 e. The third kappa shape index (κ3) is 4.29.